The van der Waals surface area contributed by atoms with Crippen LogP contribution in [0.2, 0.25) is 10.0 Å². The summed E-state index contributed by atoms with van der Waals surface area (Å²) in [5, 5.41) is 3.67. The van der Waals surface area contributed by atoms with Crippen LogP contribution in [0.25, 0.3) is 0 Å². The van der Waals surface area contributed by atoms with Gasteiger partial charge in [-0.05, 0) is 19.1 Å². The molecule has 0 saturated carbocycles. The Balaban J connectivity index is 2.43. The summed E-state index contributed by atoms with van der Waals surface area (Å²) in [5.74, 6) is 0.117. The van der Waals surface area contributed by atoms with E-state index in [0.29, 0.717) is 5.56 Å². The lowest BCUT2D eigenvalue weighted by Gasteiger charge is -2.08. The summed E-state index contributed by atoms with van der Waals surface area (Å²) in [7, 11) is -3.85. The smallest absolute Gasteiger partial charge is 0.264 e. The average molecular weight is 307 g/mol. The average Bonchev–Trinajstić information content (AvgIpc) is 2.67. The zero-order valence-electron chi connectivity index (χ0n) is 9.15. The van der Waals surface area contributed by atoms with E-state index in [2.05, 4.69) is 14.4 Å². The van der Waals surface area contributed by atoms with Gasteiger partial charge in [0.25, 0.3) is 10.0 Å². The Hall–Kier alpha value is -1.24. The number of nitrogens with one attached hydrogen (secondary N) is 1. The van der Waals surface area contributed by atoms with Crippen LogP contribution < -0.4 is 4.72 Å². The highest BCUT2D eigenvalue weighted by Crippen LogP contribution is 2.30. The fourth-order valence-corrected chi connectivity index (χ4v) is 3.09. The second kappa shape index (κ2) is 4.79. The van der Waals surface area contributed by atoms with Crippen molar-refractivity contribution in [2.45, 2.75) is 11.8 Å². The van der Waals surface area contributed by atoms with Crippen molar-refractivity contribution in [1.29, 1.82) is 0 Å². The number of aryl methyl sites for hydroxylation is 1. The van der Waals surface area contributed by atoms with Gasteiger partial charge >= 0.3 is 0 Å². The summed E-state index contributed by atoms with van der Waals surface area (Å²) >= 11 is 11.6. The first kappa shape index (κ1) is 13.2. The molecule has 0 aliphatic heterocycles. The molecule has 0 bridgehead atoms. The lowest BCUT2D eigenvalue weighted by Crippen LogP contribution is -2.14. The number of halogens is 2. The SMILES string of the molecule is Cc1conc1NS(=O)(=O)c1cccc(Cl)c1Cl. The van der Waals surface area contributed by atoms with Crippen molar-refractivity contribution in [3.8, 4) is 0 Å². The minimum Gasteiger partial charge on any atom is -0.362 e. The number of aromatic nitrogens is 1. The van der Waals surface area contributed by atoms with E-state index < -0.39 is 10.0 Å². The molecule has 1 aromatic heterocycles. The topological polar surface area (TPSA) is 72.2 Å². The molecule has 5 nitrogen and oxygen atoms in total. The van der Waals surface area contributed by atoms with E-state index in [9.17, 15) is 8.42 Å². The highest BCUT2D eigenvalue weighted by Gasteiger charge is 2.21. The predicted octanol–water partition coefficient (Wildman–Crippen LogP) is 3.09. The quantitative estimate of drug-likeness (QED) is 0.945. The molecule has 96 valence electrons. The largest absolute Gasteiger partial charge is 0.362 e. The van der Waals surface area contributed by atoms with Crippen LogP contribution in [-0.2, 0) is 10.0 Å². The molecule has 0 unspecified atom stereocenters. The molecule has 0 aliphatic rings. The molecule has 2 rings (SSSR count). The van der Waals surface area contributed by atoms with Crippen molar-refractivity contribution in [1.82, 2.24) is 5.16 Å². The third-order valence-electron chi connectivity index (χ3n) is 2.18. The van der Waals surface area contributed by atoms with Crippen LogP contribution in [-0.4, -0.2) is 13.6 Å². The van der Waals surface area contributed by atoms with Gasteiger partial charge in [-0.3, -0.25) is 4.72 Å². The number of nitrogens with zero attached hydrogens (tertiary/aromatic N) is 1. The number of hydrogen-bond donors (Lipinski definition) is 1. The zero-order valence-corrected chi connectivity index (χ0v) is 11.5. The van der Waals surface area contributed by atoms with Crippen molar-refractivity contribution in [2.75, 3.05) is 4.72 Å². The van der Waals surface area contributed by atoms with Crippen LogP contribution in [0, 0.1) is 6.92 Å². The van der Waals surface area contributed by atoms with Gasteiger partial charge in [0.1, 0.15) is 11.2 Å². The molecular weight excluding hydrogens is 299 g/mol. The van der Waals surface area contributed by atoms with Crippen LogP contribution >= 0.6 is 23.2 Å². The molecule has 1 heterocycles. The molecule has 0 radical (unpaired) electrons. The Bertz CT molecular complexity index is 682. The van der Waals surface area contributed by atoms with Crippen LogP contribution in [0.15, 0.2) is 33.9 Å². The van der Waals surface area contributed by atoms with Crippen LogP contribution in [0.3, 0.4) is 0 Å². The molecule has 0 amide bonds. The lowest BCUT2D eigenvalue weighted by atomic mass is 10.4. The Labute approximate surface area is 114 Å². The summed E-state index contributed by atoms with van der Waals surface area (Å²) in [6.45, 7) is 1.66. The van der Waals surface area contributed by atoms with Gasteiger partial charge in [0, 0.05) is 5.56 Å². The minimum atomic E-state index is -3.85. The summed E-state index contributed by atoms with van der Waals surface area (Å²) in [6, 6.07) is 4.36. The summed E-state index contributed by atoms with van der Waals surface area (Å²) in [4.78, 5) is -0.112. The standard InChI is InChI=1S/C10H8Cl2N2O3S/c1-6-5-17-13-10(6)14-18(15,16)8-4-2-3-7(11)9(8)12/h2-5H,1H3,(H,13,14). The molecule has 8 heteroatoms. The lowest BCUT2D eigenvalue weighted by molar-refractivity contribution is 0.422. The highest BCUT2D eigenvalue weighted by atomic mass is 35.5. The van der Waals surface area contributed by atoms with Gasteiger partial charge in [0.2, 0.25) is 0 Å². The van der Waals surface area contributed by atoms with Crippen LogP contribution in [0.1, 0.15) is 5.56 Å². The molecule has 0 atom stereocenters. The Kier molecular flexibility index (Phi) is 3.52. The van der Waals surface area contributed by atoms with Crippen molar-refractivity contribution in [2.24, 2.45) is 0 Å². The van der Waals surface area contributed by atoms with Gasteiger partial charge in [-0.2, -0.15) is 0 Å². The van der Waals surface area contributed by atoms with E-state index in [1.807, 2.05) is 0 Å². The maximum atomic E-state index is 12.1. The molecular formula is C10H8Cl2N2O3S. The second-order valence-corrected chi connectivity index (χ2v) is 5.94. The molecule has 0 saturated heterocycles. The molecule has 0 fully saturated rings. The maximum Gasteiger partial charge on any atom is 0.264 e. The Morgan fingerprint density at radius 3 is 2.67 bits per heavy atom. The first-order valence-electron chi connectivity index (χ1n) is 4.79. The van der Waals surface area contributed by atoms with Gasteiger partial charge in [0.05, 0.1) is 10.0 Å². The molecule has 0 aliphatic carbocycles. The third kappa shape index (κ3) is 2.45. The Morgan fingerprint density at radius 2 is 2.06 bits per heavy atom. The maximum absolute atomic E-state index is 12.1. The third-order valence-corrected chi connectivity index (χ3v) is 4.50. The van der Waals surface area contributed by atoms with E-state index in [-0.39, 0.29) is 20.8 Å². The van der Waals surface area contributed by atoms with Gasteiger partial charge in [-0.1, -0.05) is 34.4 Å². The molecule has 18 heavy (non-hydrogen) atoms. The first-order valence-corrected chi connectivity index (χ1v) is 7.03. The Morgan fingerprint density at radius 1 is 1.33 bits per heavy atom. The van der Waals surface area contributed by atoms with Gasteiger partial charge in [-0.25, -0.2) is 8.42 Å². The van der Waals surface area contributed by atoms with Crippen molar-refractivity contribution in [3.05, 3.63) is 40.1 Å². The van der Waals surface area contributed by atoms with E-state index >= 15 is 0 Å². The summed E-state index contributed by atoms with van der Waals surface area (Å²) in [6.07, 6.45) is 1.33. The van der Waals surface area contributed by atoms with Crippen LogP contribution in [0.5, 0.6) is 0 Å². The van der Waals surface area contributed by atoms with Crippen LogP contribution in [0.4, 0.5) is 5.82 Å². The van der Waals surface area contributed by atoms with E-state index in [0.717, 1.165) is 0 Å². The van der Waals surface area contributed by atoms with Crippen molar-refractivity contribution < 1.29 is 12.9 Å². The molecule has 1 aromatic carbocycles. The molecule has 1 N–H and O–H groups in total. The van der Waals surface area contributed by atoms with Crippen molar-refractivity contribution >= 4 is 39.0 Å². The number of benzene rings is 1. The number of sulfonamides is 1. The fraction of sp³-hybridized carbons (Fsp3) is 0.100. The summed E-state index contributed by atoms with van der Waals surface area (Å²) < 4.78 is 31.1. The second-order valence-electron chi connectivity index (χ2n) is 3.50. The van der Waals surface area contributed by atoms with Gasteiger partial charge in [-0.15, -0.1) is 0 Å². The highest BCUT2D eigenvalue weighted by molar-refractivity contribution is 7.92. The fourth-order valence-electron chi connectivity index (χ4n) is 1.26. The number of rotatable bonds is 3. The van der Waals surface area contributed by atoms with E-state index in [4.69, 9.17) is 23.2 Å². The van der Waals surface area contributed by atoms with Gasteiger partial charge < -0.3 is 4.52 Å². The zero-order chi connectivity index (χ0) is 13.3. The first-order chi connectivity index (χ1) is 8.42. The summed E-state index contributed by atoms with van der Waals surface area (Å²) in [5.41, 5.74) is 0.566. The monoisotopic (exact) mass is 306 g/mol. The molecule has 0 spiro atoms. The number of hydrogen-bond acceptors (Lipinski definition) is 4. The van der Waals surface area contributed by atoms with E-state index in [1.54, 1.807) is 6.92 Å². The van der Waals surface area contributed by atoms with E-state index in [1.165, 1.54) is 24.5 Å². The normalized spacial score (nSPS) is 11.5. The molecule has 2 aromatic rings. The minimum absolute atomic E-state index is 0.0344. The van der Waals surface area contributed by atoms with Crippen molar-refractivity contribution in [3.63, 3.8) is 0 Å². The number of anilines is 1. The predicted molar refractivity (Wildman–Crippen MR) is 68.5 cm³/mol. The van der Waals surface area contributed by atoms with Gasteiger partial charge in [0.15, 0.2) is 5.82 Å².